The van der Waals surface area contributed by atoms with Gasteiger partial charge in [0.25, 0.3) is 5.91 Å². The van der Waals surface area contributed by atoms with E-state index >= 15 is 0 Å². The molecule has 8 rings (SSSR count). The van der Waals surface area contributed by atoms with Crippen LogP contribution in [0.2, 0.25) is 5.02 Å². The third-order valence-electron chi connectivity index (χ3n) is 18.1. The van der Waals surface area contributed by atoms with Crippen LogP contribution in [0.3, 0.4) is 0 Å². The number of phenols is 1. The van der Waals surface area contributed by atoms with E-state index in [-0.39, 0.29) is 62.8 Å². The first kappa shape index (κ1) is 90.8. The molecule has 7 N–H and O–H groups in total. The second kappa shape index (κ2) is 43.5. The highest BCUT2D eigenvalue weighted by molar-refractivity contribution is 7.82. The van der Waals surface area contributed by atoms with Crippen LogP contribution in [0, 0.1) is 46.5 Å². The SMILES string of the molecule is CCC(C)(C)c1ccc(OCCCNC(=O)NNc2nc(C(F)(F)F)nc3ccccc23)c(C(C)(C)CC)c1.CCCCC(CC)CP=O.CCOC(=O)c1ccc(OC(C(=O)Nc2cc(C)ccc2OC)C(=O)c2ccccc2)cc1.Cc1cc(C)c(OS(=O)Nc2cc(NC(=O)C(C)C)c(O)c(Cl)c2C)c(C)c1. The third-order valence-corrected chi connectivity index (χ3v) is 20.0. The first-order valence-electron chi connectivity index (χ1n) is 36.5. The molecule has 4 amide bonds. The number of esters is 1. The summed E-state index contributed by atoms with van der Waals surface area (Å²) in [7, 11) is 1.82. The van der Waals surface area contributed by atoms with E-state index in [1.807, 2.05) is 52.0 Å². The fourth-order valence-electron chi connectivity index (χ4n) is 10.8. The zero-order chi connectivity index (χ0) is 81.6. The number of aromatic hydroxyl groups is 1. The number of methoxy groups -OCH3 is 1. The predicted octanol–water partition coefficient (Wildman–Crippen LogP) is 20.0. The molecule has 21 nitrogen and oxygen atoms in total. The van der Waals surface area contributed by atoms with Crippen molar-refractivity contribution in [1.82, 2.24) is 20.7 Å². The number of hydrogen-bond donors (Lipinski definition) is 7. The minimum Gasteiger partial charge on any atom is -0.504 e. The quantitative estimate of drug-likeness (QED) is 0.00301. The summed E-state index contributed by atoms with van der Waals surface area (Å²) in [5, 5.41) is 18.6. The zero-order valence-corrected chi connectivity index (χ0v) is 68.3. The van der Waals surface area contributed by atoms with Gasteiger partial charge in [0.1, 0.15) is 23.0 Å². The van der Waals surface area contributed by atoms with Crippen molar-refractivity contribution in [2.24, 2.45) is 11.8 Å². The Labute approximate surface area is 653 Å². The number of aryl methyl sites for hydroxylation is 4. The van der Waals surface area contributed by atoms with Crippen molar-refractivity contribution in [3.63, 3.8) is 0 Å². The maximum atomic E-state index is 13.2. The molecule has 0 fully saturated rings. The van der Waals surface area contributed by atoms with Gasteiger partial charge in [-0.25, -0.2) is 19.6 Å². The highest BCUT2D eigenvalue weighted by Crippen LogP contribution is 2.41. The number of fused-ring (bicyclic) bond motifs is 1. The lowest BCUT2D eigenvalue weighted by molar-refractivity contribution is -0.144. The summed E-state index contributed by atoms with van der Waals surface area (Å²) < 4.78 is 92.9. The Kier molecular flexibility index (Phi) is 35.9. The lowest BCUT2D eigenvalue weighted by Crippen LogP contribution is -2.40. The van der Waals surface area contributed by atoms with Crippen molar-refractivity contribution in [3.8, 4) is 28.7 Å². The molecule has 0 aliphatic rings. The lowest BCUT2D eigenvalue weighted by Gasteiger charge is -2.30. The van der Waals surface area contributed by atoms with Crippen molar-refractivity contribution in [3.05, 3.63) is 194 Å². The highest BCUT2D eigenvalue weighted by Gasteiger charge is 2.36. The monoisotopic (exact) mass is 1580 g/mol. The molecule has 0 aliphatic carbocycles. The lowest BCUT2D eigenvalue weighted by atomic mass is 9.76. The van der Waals surface area contributed by atoms with Crippen molar-refractivity contribution < 1.29 is 74.2 Å². The van der Waals surface area contributed by atoms with E-state index in [1.165, 1.54) is 74.8 Å². The normalized spacial score (nSPS) is 12.1. The summed E-state index contributed by atoms with van der Waals surface area (Å²) in [5.41, 5.74) is 13.2. The molecule has 7 aromatic carbocycles. The number of rotatable bonds is 32. The Balaban J connectivity index is 0.000000280. The number of ether oxygens (including phenoxy) is 4. The molecule has 1 aromatic heterocycles. The summed E-state index contributed by atoms with van der Waals surface area (Å²) in [6.45, 7) is 33.0. The van der Waals surface area contributed by atoms with Gasteiger partial charge >= 0.3 is 29.4 Å². The summed E-state index contributed by atoms with van der Waals surface area (Å²) in [4.78, 5) is 69.6. The number of urea groups is 1. The molecule has 0 bridgehead atoms. The molecular weight excluding hydrogens is 1470 g/mol. The fraction of sp³-hybridized carbons (Fsp3) is 0.410. The summed E-state index contributed by atoms with van der Waals surface area (Å²) >= 11 is 4.27. The van der Waals surface area contributed by atoms with Gasteiger partial charge in [-0.3, -0.25) is 34.5 Å². The average Bonchev–Trinajstić information content (AvgIpc) is 0.793. The van der Waals surface area contributed by atoms with Crippen LogP contribution in [0.25, 0.3) is 10.9 Å². The van der Waals surface area contributed by atoms with Crippen LogP contribution in [-0.4, -0.2) is 88.0 Å². The standard InChI is InChI=1S/C29H38F3N5O2.C26H25NO6.C20H25ClN2O4S.C8H17OP/c1-7-27(3,4)19-14-15-23(21(18-19)28(5,6)8-2)39-17-11-16-33-26(38)37-36-24-20-12-9-10-13-22(20)34-25(35-24)29(30,31)32;1-4-32-26(30)19-11-13-20(14-12-19)33-24(23(28)18-8-6-5-7-9-18)25(29)27-21-16-17(2)10-15-22(21)31-3;1-10(2)20(25)22-16-9-15(14(6)17(21)18(16)24)23-28(26)27-19-12(4)7-11(3)8-13(19)5;1-3-5-6-8(4-2)7-10-9/h9-10,12-15,18H,7-8,11,16-17H2,1-6H3,(H2,33,37,38)(H,34,35,36);5-16,24H,4H2,1-3H3,(H,27,29);7-10,23-24H,1-6H3,(H,22,25);8H,3-7H2,1-2H3. The van der Waals surface area contributed by atoms with Crippen LogP contribution < -0.4 is 49.9 Å². The smallest absolute Gasteiger partial charge is 0.451 e. The molecule has 0 radical (unpaired) electrons. The molecular formula is C83H105ClF3N8O13PS. The number of halogens is 4. The van der Waals surface area contributed by atoms with Crippen LogP contribution in [0.1, 0.15) is 187 Å². The van der Waals surface area contributed by atoms with E-state index in [2.05, 4.69) is 109 Å². The number of benzene rings is 7. The van der Waals surface area contributed by atoms with Gasteiger partial charge in [0.15, 0.2) is 20.0 Å². The van der Waals surface area contributed by atoms with Crippen LogP contribution in [0.4, 0.5) is 40.8 Å². The van der Waals surface area contributed by atoms with Gasteiger partial charge in [0.05, 0.1) is 53.5 Å². The molecule has 3 atom stereocenters. The number of hydrogen-bond acceptors (Lipinski definition) is 16. The topological polar surface area (TPSA) is 284 Å². The number of carbonyl (C=O) groups excluding carboxylic acids is 5. The first-order chi connectivity index (χ1) is 52.1. The maximum absolute atomic E-state index is 13.2. The van der Waals surface area contributed by atoms with Crippen molar-refractivity contribution in [1.29, 1.82) is 0 Å². The van der Waals surface area contributed by atoms with Crippen LogP contribution in [0.15, 0.2) is 133 Å². The highest BCUT2D eigenvalue weighted by atomic mass is 35.5. The first-order valence-corrected chi connectivity index (χ1v) is 39.0. The number of phenolic OH excluding ortho intramolecular Hbond substituents is 1. The minimum absolute atomic E-state index is 0.0590. The van der Waals surface area contributed by atoms with E-state index < -0.39 is 53.1 Å². The largest absolute Gasteiger partial charge is 0.504 e. The number of nitrogens with one attached hydrogen (secondary N) is 6. The van der Waals surface area contributed by atoms with Gasteiger partial charge in [-0.2, -0.15) is 17.4 Å². The number of Topliss-reactive ketones (excluding diaryl/α,β-unsaturated/α-hetero) is 1. The Bertz CT molecular complexity index is 4410. The number of unbranched alkanes of at least 4 members (excludes halogenated alkanes) is 1. The molecule has 3 unspecified atom stereocenters. The van der Waals surface area contributed by atoms with E-state index in [1.54, 1.807) is 88.4 Å². The predicted molar refractivity (Wildman–Crippen MR) is 432 cm³/mol. The molecule has 0 saturated heterocycles. The van der Waals surface area contributed by atoms with Gasteiger partial charge in [-0.05, 0) is 172 Å². The number of para-hydroxylation sites is 1. The number of aromatic nitrogens is 2. The van der Waals surface area contributed by atoms with Crippen LogP contribution in [0.5, 0.6) is 28.7 Å². The van der Waals surface area contributed by atoms with E-state index in [4.69, 9.17) is 34.7 Å². The Hall–Kier alpha value is -9.84. The molecule has 1 heterocycles. The van der Waals surface area contributed by atoms with E-state index in [0.717, 1.165) is 52.6 Å². The zero-order valence-electron chi connectivity index (χ0n) is 65.8. The summed E-state index contributed by atoms with van der Waals surface area (Å²) in [6.07, 6.45) is 2.16. The Morgan fingerprint density at radius 3 is 1.94 bits per heavy atom. The minimum atomic E-state index is -4.72. The Morgan fingerprint density at radius 2 is 1.34 bits per heavy atom. The Morgan fingerprint density at radius 1 is 0.700 bits per heavy atom. The fourth-order valence-corrected chi connectivity index (χ4v) is 12.5. The van der Waals surface area contributed by atoms with Gasteiger partial charge in [0.2, 0.25) is 23.6 Å². The number of ketones is 1. The third kappa shape index (κ3) is 27.3. The van der Waals surface area contributed by atoms with E-state index in [9.17, 15) is 51.0 Å². The molecule has 0 spiro atoms. The van der Waals surface area contributed by atoms with E-state index in [0.29, 0.717) is 78.9 Å². The number of alkyl halides is 3. The summed E-state index contributed by atoms with van der Waals surface area (Å²) in [6, 6.07) is 37.2. The van der Waals surface area contributed by atoms with Crippen molar-refractivity contribution in [2.75, 3.05) is 53.8 Å². The van der Waals surface area contributed by atoms with Gasteiger partial charge in [-0.1, -0.05) is 178 Å². The van der Waals surface area contributed by atoms with Gasteiger partial charge < -0.3 is 44.2 Å². The number of hydrazine groups is 1. The van der Waals surface area contributed by atoms with Crippen molar-refractivity contribution in [2.45, 2.75) is 179 Å². The average molecular weight is 1580 g/mol. The molecule has 0 aliphatic heterocycles. The number of carbonyl (C=O) groups is 5. The van der Waals surface area contributed by atoms with Crippen LogP contribution >= 0.6 is 20.1 Å². The number of amides is 4. The summed E-state index contributed by atoms with van der Waals surface area (Å²) in [5.74, 6) is -1.08. The second-order valence-corrected chi connectivity index (χ2v) is 29.6. The number of anilines is 4. The van der Waals surface area contributed by atoms with Gasteiger partial charge in [0, 0.05) is 35.1 Å². The maximum Gasteiger partial charge on any atom is 0.451 e. The molecule has 27 heteroatoms. The number of nitrogens with zero attached hydrogens (tertiary/aromatic N) is 2. The molecule has 0 saturated carbocycles. The van der Waals surface area contributed by atoms with Gasteiger partial charge in [-0.15, -0.1) is 0 Å². The van der Waals surface area contributed by atoms with Crippen molar-refractivity contribution >= 4 is 94.7 Å². The molecule has 110 heavy (non-hydrogen) atoms. The molecule has 8 aromatic rings. The second-order valence-electron chi connectivity index (χ2n) is 27.7. The van der Waals surface area contributed by atoms with Crippen LogP contribution in [-0.2, 0) is 47.2 Å². The molecule has 594 valence electrons.